The van der Waals surface area contributed by atoms with Crippen molar-refractivity contribution >= 4 is 6.09 Å². The molecule has 2 rings (SSSR count). The van der Waals surface area contributed by atoms with E-state index < -0.39 is 23.4 Å². The number of carbonyl (C=O) groups is 1. The molecule has 1 aliphatic heterocycles. The van der Waals surface area contributed by atoms with Gasteiger partial charge in [-0.15, -0.1) is 0 Å². The second kappa shape index (κ2) is 3.65. The lowest BCUT2D eigenvalue weighted by molar-refractivity contribution is -0.137. The number of alkyl halides is 3. The molecule has 1 amide bonds. The van der Waals surface area contributed by atoms with Crippen molar-refractivity contribution in [2.75, 3.05) is 6.61 Å². The first kappa shape index (κ1) is 11.8. The molecule has 0 aliphatic carbocycles. The third-order valence-corrected chi connectivity index (χ3v) is 2.70. The van der Waals surface area contributed by atoms with Gasteiger partial charge in [0.15, 0.2) is 0 Å². The molecule has 1 unspecified atom stereocenters. The van der Waals surface area contributed by atoms with E-state index in [-0.39, 0.29) is 6.61 Å². The molecule has 0 saturated carbocycles. The topological polar surface area (TPSA) is 38.3 Å². The molecule has 1 aromatic rings. The highest BCUT2D eigenvalue weighted by atomic mass is 19.4. The number of carbonyl (C=O) groups excluding carboxylic acids is 1. The first-order chi connectivity index (χ1) is 7.81. The maximum Gasteiger partial charge on any atom is 0.416 e. The van der Waals surface area contributed by atoms with E-state index >= 15 is 0 Å². The first-order valence-corrected chi connectivity index (χ1v) is 4.94. The predicted molar refractivity (Wildman–Crippen MR) is 53.3 cm³/mol. The van der Waals surface area contributed by atoms with Crippen molar-refractivity contribution < 1.29 is 22.7 Å². The summed E-state index contributed by atoms with van der Waals surface area (Å²) >= 11 is 0. The summed E-state index contributed by atoms with van der Waals surface area (Å²) < 4.78 is 42.3. The van der Waals surface area contributed by atoms with E-state index in [4.69, 9.17) is 4.74 Å². The summed E-state index contributed by atoms with van der Waals surface area (Å²) in [5, 5.41) is 2.50. The predicted octanol–water partition coefficient (Wildman–Crippen LogP) is 2.66. The summed E-state index contributed by atoms with van der Waals surface area (Å²) in [5.41, 5.74) is -1.27. The number of benzene rings is 1. The highest BCUT2D eigenvalue weighted by Gasteiger charge is 2.38. The SMILES string of the molecule is CC1(c2cccc(C(F)(F)F)c2)COC(=O)N1. The van der Waals surface area contributed by atoms with Crippen LogP contribution in [0.4, 0.5) is 18.0 Å². The van der Waals surface area contributed by atoms with Crippen molar-refractivity contribution in [3.05, 3.63) is 35.4 Å². The molecule has 0 bridgehead atoms. The van der Waals surface area contributed by atoms with Crippen LogP contribution < -0.4 is 5.32 Å². The Bertz CT molecular complexity index is 458. The Morgan fingerprint density at radius 1 is 1.41 bits per heavy atom. The summed E-state index contributed by atoms with van der Waals surface area (Å²) in [6.07, 6.45) is -5.01. The van der Waals surface area contributed by atoms with Gasteiger partial charge in [0.25, 0.3) is 0 Å². The van der Waals surface area contributed by atoms with E-state index in [2.05, 4.69) is 5.32 Å². The lowest BCUT2D eigenvalue weighted by Crippen LogP contribution is -2.37. The monoisotopic (exact) mass is 245 g/mol. The zero-order valence-corrected chi connectivity index (χ0v) is 8.97. The summed E-state index contributed by atoms with van der Waals surface area (Å²) in [6.45, 7) is 1.64. The summed E-state index contributed by atoms with van der Waals surface area (Å²) in [5.74, 6) is 0. The van der Waals surface area contributed by atoms with Crippen LogP contribution in [0.2, 0.25) is 0 Å². The maximum absolute atomic E-state index is 12.5. The first-order valence-electron chi connectivity index (χ1n) is 4.94. The molecule has 1 aliphatic rings. The largest absolute Gasteiger partial charge is 0.447 e. The van der Waals surface area contributed by atoms with E-state index in [9.17, 15) is 18.0 Å². The second-order valence-corrected chi connectivity index (χ2v) is 4.11. The fraction of sp³-hybridized carbons (Fsp3) is 0.364. The van der Waals surface area contributed by atoms with Crippen LogP contribution in [-0.4, -0.2) is 12.7 Å². The van der Waals surface area contributed by atoms with Crippen LogP contribution in [-0.2, 0) is 16.5 Å². The number of halogens is 3. The molecule has 1 aromatic carbocycles. The molecule has 1 atom stereocenters. The molecule has 0 aromatic heterocycles. The van der Waals surface area contributed by atoms with Crippen LogP contribution in [0.25, 0.3) is 0 Å². The Morgan fingerprint density at radius 3 is 2.65 bits per heavy atom. The van der Waals surface area contributed by atoms with Gasteiger partial charge < -0.3 is 10.1 Å². The van der Waals surface area contributed by atoms with Crippen molar-refractivity contribution in [3.8, 4) is 0 Å². The number of cyclic esters (lactones) is 1. The van der Waals surface area contributed by atoms with E-state index in [0.717, 1.165) is 12.1 Å². The zero-order valence-electron chi connectivity index (χ0n) is 8.97. The van der Waals surface area contributed by atoms with Crippen molar-refractivity contribution in [2.45, 2.75) is 18.6 Å². The Hall–Kier alpha value is -1.72. The van der Waals surface area contributed by atoms with Gasteiger partial charge in [0, 0.05) is 0 Å². The van der Waals surface area contributed by atoms with Gasteiger partial charge in [-0.05, 0) is 24.6 Å². The molecule has 92 valence electrons. The van der Waals surface area contributed by atoms with Crippen molar-refractivity contribution in [1.82, 2.24) is 5.32 Å². The normalized spacial score (nSPS) is 24.4. The Morgan fingerprint density at radius 2 is 2.12 bits per heavy atom. The third-order valence-electron chi connectivity index (χ3n) is 2.70. The molecule has 0 radical (unpaired) electrons. The van der Waals surface area contributed by atoms with Gasteiger partial charge in [0.1, 0.15) is 6.61 Å². The van der Waals surface area contributed by atoms with Gasteiger partial charge in [-0.25, -0.2) is 4.79 Å². The molecule has 17 heavy (non-hydrogen) atoms. The molecular formula is C11H10F3NO2. The number of ether oxygens (including phenoxy) is 1. The van der Waals surface area contributed by atoms with Gasteiger partial charge in [-0.1, -0.05) is 12.1 Å². The van der Waals surface area contributed by atoms with Gasteiger partial charge in [-0.3, -0.25) is 0 Å². The zero-order chi connectivity index (χ0) is 12.7. The second-order valence-electron chi connectivity index (χ2n) is 4.11. The van der Waals surface area contributed by atoms with E-state index in [1.54, 1.807) is 6.92 Å². The Balaban J connectivity index is 2.37. The minimum absolute atomic E-state index is 0.0210. The minimum atomic E-state index is -4.39. The molecule has 1 fully saturated rings. The smallest absolute Gasteiger partial charge is 0.416 e. The number of amides is 1. The minimum Gasteiger partial charge on any atom is -0.447 e. The van der Waals surface area contributed by atoms with E-state index in [0.29, 0.717) is 5.56 Å². The van der Waals surface area contributed by atoms with Gasteiger partial charge >= 0.3 is 12.3 Å². The standard InChI is InChI=1S/C11H10F3NO2/c1-10(6-17-9(16)15-10)7-3-2-4-8(5-7)11(12,13)14/h2-5H,6H2,1H3,(H,15,16). The molecule has 1 N–H and O–H groups in total. The highest BCUT2D eigenvalue weighted by molar-refractivity contribution is 5.71. The van der Waals surface area contributed by atoms with Crippen molar-refractivity contribution in [1.29, 1.82) is 0 Å². The van der Waals surface area contributed by atoms with Crippen LogP contribution in [0.1, 0.15) is 18.1 Å². The van der Waals surface area contributed by atoms with Gasteiger partial charge in [0.05, 0.1) is 11.1 Å². The highest BCUT2D eigenvalue weighted by Crippen LogP contribution is 2.33. The molecule has 6 heteroatoms. The molecule has 1 heterocycles. The van der Waals surface area contributed by atoms with Crippen molar-refractivity contribution in [2.24, 2.45) is 0 Å². The molecule has 1 saturated heterocycles. The summed E-state index contributed by atoms with van der Waals surface area (Å²) in [7, 11) is 0. The molecular weight excluding hydrogens is 235 g/mol. The average molecular weight is 245 g/mol. The van der Waals surface area contributed by atoms with Crippen molar-refractivity contribution in [3.63, 3.8) is 0 Å². The molecule has 0 spiro atoms. The fourth-order valence-corrected chi connectivity index (χ4v) is 1.70. The van der Waals surface area contributed by atoms with E-state index in [1.807, 2.05) is 0 Å². The van der Waals surface area contributed by atoms with Crippen LogP contribution >= 0.6 is 0 Å². The van der Waals surface area contributed by atoms with E-state index in [1.165, 1.54) is 12.1 Å². The number of rotatable bonds is 1. The summed E-state index contributed by atoms with van der Waals surface area (Å²) in [6, 6.07) is 4.86. The maximum atomic E-state index is 12.5. The average Bonchev–Trinajstić information content (AvgIpc) is 2.59. The number of alkyl carbamates (subject to hydrolysis) is 1. The van der Waals surface area contributed by atoms with Crippen LogP contribution in [0.15, 0.2) is 24.3 Å². The van der Waals surface area contributed by atoms with Crippen LogP contribution in [0.5, 0.6) is 0 Å². The lowest BCUT2D eigenvalue weighted by atomic mass is 9.92. The Labute approximate surface area is 95.6 Å². The quantitative estimate of drug-likeness (QED) is 0.826. The number of hydrogen-bond acceptors (Lipinski definition) is 2. The van der Waals surface area contributed by atoms with Gasteiger partial charge in [0.2, 0.25) is 0 Å². The Kier molecular flexibility index (Phi) is 2.52. The third kappa shape index (κ3) is 2.20. The summed E-state index contributed by atoms with van der Waals surface area (Å²) in [4.78, 5) is 11.0. The fourth-order valence-electron chi connectivity index (χ4n) is 1.70. The number of nitrogens with one attached hydrogen (secondary N) is 1. The van der Waals surface area contributed by atoms with Crippen LogP contribution in [0.3, 0.4) is 0 Å². The molecule has 3 nitrogen and oxygen atoms in total. The van der Waals surface area contributed by atoms with Gasteiger partial charge in [-0.2, -0.15) is 13.2 Å². The van der Waals surface area contributed by atoms with Crippen LogP contribution in [0, 0.1) is 0 Å². The number of hydrogen-bond donors (Lipinski definition) is 1. The lowest BCUT2D eigenvalue weighted by Gasteiger charge is -2.22.